The first kappa shape index (κ1) is 21.8. The molecule has 0 spiro atoms. The summed E-state index contributed by atoms with van der Waals surface area (Å²) >= 11 is 9.42. The van der Waals surface area contributed by atoms with Crippen LogP contribution in [-0.4, -0.2) is 24.2 Å². The Morgan fingerprint density at radius 3 is 2.80 bits per heavy atom. The Morgan fingerprint density at radius 2 is 2.07 bits per heavy atom. The van der Waals surface area contributed by atoms with Crippen LogP contribution in [0.25, 0.3) is 0 Å². The van der Waals surface area contributed by atoms with Gasteiger partial charge in [0, 0.05) is 16.2 Å². The highest BCUT2D eigenvalue weighted by atomic mass is 79.9. The van der Waals surface area contributed by atoms with Crippen molar-refractivity contribution in [3.63, 3.8) is 0 Å². The van der Waals surface area contributed by atoms with Crippen molar-refractivity contribution in [2.24, 2.45) is 5.10 Å². The molecule has 1 N–H and O–H groups in total. The molecule has 3 aromatic rings. The van der Waals surface area contributed by atoms with Crippen LogP contribution >= 0.6 is 27.5 Å². The minimum atomic E-state index is -0.453. The molecule has 0 radical (unpaired) electrons. The molecule has 2 aromatic carbocycles. The zero-order valence-corrected chi connectivity index (χ0v) is 18.7. The maximum Gasteiger partial charge on any atom is 0.274 e. The van der Waals surface area contributed by atoms with E-state index in [0.29, 0.717) is 23.7 Å². The second-order valence-corrected chi connectivity index (χ2v) is 7.56. The Balaban J connectivity index is 1.71. The van der Waals surface area contributed by atoms with Gasteiger partial charge in [0.05, 0.1) is 18.9 Å². The van der Waals surface area contributed by atoms with Crippen LogP contribution in [0.2, 0.25) is 5.15 Å². The molecule has 0 saturated heterocycles. The van der Waals surface area contributed by atoms with Crippen molar-refractivity contribution in [1.82, 2.24) is 10.4 Å². The van der Waals surface area contributed by atoms with E-state index in [2.05, 4.69) is 37.5 Å². The molecule has 1 aromatic heterocycles. The Bertz CT molecular complexity index is 1090. The van der Waals surface area contributed by atoms with Gasteiger partial charge in [-0.05, 0) is 52.7 Å². The van der Waals surface area contributed by atoms with Gasteiger partial charge in [-0.1, -0.05) is 41.4 Å². The van der Waals surface area contributed by atoms with Gasteiger partial charge in [-0.3, -0.25) is 4.79 Å². The highest BCUT2D eigenvalue weighted by Crippen LogP contribution is 2.33. The Kier molecular flexibility index (Phi) is 7.43. The zero-order valence-electron chi connectivity index (χ0n) is 16.4. The summed E-state index contributed by atoms with van der Waals surface area (Å²) in [6, 6.07) is 14.9. The van der Waals surface area contributed by atoms with Crippen LogP contribution in [0.3, 0.4) is 0 Å². The van der Waals surface area contributed by atoms with Crippen LogP contribution < -0.4 is 14.9 Å². The third kappa shape index (κ3) is 5.58. The molecule has 0 bridgehead atoms. The maximum absolute atomic E-state index is 12.2. The molecule has 8 heteroatoms. The normalized spacial score (nSPS) is 10.8. The minimum absolute atomic E-state index is 0.114. The first-order chi connectivity index (χ1) is 14.5. The summed E-state index contributed by atoms with van der Waals surface area (Å²) in [4.78, 5) is 16.0. The standard InChI is InChI=1S/C22H19BrClN3O3/c1-14-5-3-6-15(9-14)13-30-20-11-18(23)16(10-19(20)29-2)12-26-27-22(28)17-7-4-8-25-21(17)24/h3-12H,13H2,1-2H3,(H,27,28). The second kappa shape index (κ2) is 10.2. The van der Waals surface area contributed by atoms with E-state index in [4.69, 9.17) is 21.1 Å². The largest absolute Gasteiger partial charge is 0.493 e. The first-order valence-corrected chi connectivity index (χ1v) is 10.1. The molecule has 0 aliphatic rings. The van der Waals surface area contributed by atoms with Crippen LogP contribution in [0.15, 0.2) is 64.3 Å². The number of pyridine rings is 1. The molecule has 1 heterocycles. The fourth-order valence-electron chi connectivity index (χ4n) is 2.66. The molecule has 30 heavy (non-hydrogen) atoms. The molecule has 0 unspecified atom stereocenters. The fraction of sp³-hybridized carbons (Fsp3) is 0.136. The Labute approximate surface area is 188 Å². The molecular weight excluding hydrogens is 470 g/mol. The van der Waals surface area contributed by atoms with Crippen molar-refractivity contribution in [3.05, 3.63) is 86.6 Å². The number of ether oxygens (including phenoxy) is 2. The van der Waals surface area contributed by atoms with Gasteiger partial charge in [0.2, 0.25) is 0 Å². The van der Waals surface area contributed by atoms with E-state index < -0.39 is 5.91 Å². The maximum atomic E-state index is 12.2. The number of aromatic nitrogens is 1. The summed E-state index contributed by atoms with van der Waals surface area (Å²) in [5, 5.41) is 4.10. The third-order valence-corrected chi connectivity index (χ3v) is 5.12. The minimum Gasteiger partial charge on any atom is -0.493 e. The van der Waals surface area contributed by atoms with Gasteiger partial charge in [-0.15, -0.1) is 0 Å². The average molecular weight is 489 g/mol. The van der Waals surface area contributed by atoms with E-state index in [1.54, 1.807) is 31.4 Å². The quantitative estimate of drug-likeness (QED) is 0.283. The van der Waals surface area contributed by atoms with Gasteiger partial charge >= 0.3 is 0 Å². The molecule has 3 rings (SSSR count). The smallest absolute Gasteiger partial charge is 0.274 e. The summed E-state index contributed by atoms with van der Waals surface area (Å²) in [6.45, 7) is 2.45. The van der Waals surface area contributed by atoms with Gasteiger partial charge < -0.3 is 9.47 Å². The predicted molar refractivity (Wildman–Crippen MR) is 121 cm³/mol. The van der Waals surface area contributed by atoms with Crippen molar-refractivity contribution < 1.29 is 14.3 Å². The number of carbonyl (C=O) groups is 1. The number of benzene rings is 2. The second-order valence-electron chi connectivity index (χ2n) is 6.34. The highest BCUT2D eigenvalue weighted by molar-refractivity contribution is 9.10. The van der Waals surface area contributed by atoms with E-state index in [9.17, 15) is 4.79 Å². The molecule has 0 fully saturated rings. The number of carbonyl (C=O) groups excluding carboxylic acids is 1. The number of hydrogen-bond acceptors (Lipinski definition) is 5. The lowest BCUT2D eigenvalue weighted by Gasteiger charge is -2.13. The molecule has 0 atom stereocenters. The van der Waals surface area contributed by atoms with E-state index in [1.807, 2.05) is 25.1 Å². The van der Waals surface area contributed by atoms with Gasteiger partial charge in [-0.25, -0.2) is 10.4 Å². The fourth-order valence-corrected chi connectivity index (χ4v) is 3.29. The number of hydrazone groups is 1. The van der Waals surface area contributed by atoms with Crippen LogP contribution in [0.1, 0.15) is 27.0 Å². The van der Waals surface area contributed by atoms with Crippen molar-refractivity contribution in [1.29, 1.82) is 0 Å². The Hall–Kier alpha value is -2.90. The number of methoxy groups -OCH3 is 1. The number of nitrogens with zero attached hydrogens (tertiary/aromatic N) is 2. The van der Waals surface area contributed by atoms with Crippen LogP contribution in [0.5, 0.6) is 11.5 Å². The summed E-state index contributed by atoms with van der Waals surface area (Å²) < 4.78 is 12.1. The topological polar surface area (TPSA) is 72.8 Å². The molecular formula is C22H19BrClN3O3. The van der Waals surface area contributed by atoms with Gasteiger partial charge in [0.25, 0.3) is 5.91 Å². The number of hydrogen-bond donors (Lipinski definition) is 1. The predicted octanol–water partition coefficient (Wildman–Crippen LogP) is 5.16. The number of rotatable bonds is 7. The van der Waals surface area contributed by atoms with Gasteiger partial charge in [0.15, 0.2) is 11.5 Å². The van der Waals surface area contributed by atoms with E-state index in [1.165, 1.54) is 18.0 Å². The molecule has 6 nitrogen and oxygen atoms in total. The lowest BCUT2D eigenvalue weighted by atomic mass is 10.1. The Morgan fingerprint density at radius 1 is 1.23 bits per heavy atom. The van der Waals surface area contributed by atoms with Crippen molar-refractivity contribution >= 4 is 39.7 Å². The van der Waals surface area contributed by atoms with Crippen LogP contribution in [0.4, 0.5) is 0 Å². The lowest BCUT2D eigenvalue weighted by molar-refractivity contribution is 0.0955. The van der Waals surface area contributed by atoms with E-state index in [0.717, 1.165) is 10.0 Å². The summed E-state index contributed by atoms with van der Waals surface area (Å²) in [5.41, 5.74) is 5.61. The lowest BCUT2D eigenvalue weighted by Crippen LogP contribution is -2.18. The van der Waals surface area contributed by atoms with Gasteiger partial charge in [-0.2, -0.15) is 5.10 Å². The van der Waals surface area contributed by atoms with E-state index >= 15 is 0 Å². The molecule has 0 aliphatic carbocycles. The molecule has 154 valence electrons. The van der Waals surface area contributed by atoms with E-state index in [-0.39, 0.29) is 10.7 Å². The van der Waals surface area contributed by atoms with Crippen molar-refractivity contribution in [2.75, 3.05) is 7.11 Å². The SMILES string of the molecule is COc1cc(C=NNC(=O)c2cccnc2Cl)c(Br)cc1OCc1cccc(C)c1. The average Bonchev–Trinajstić information content (AvgIpc) is 2.73. The first-order valence-electron chi connectivity index (χ1n) is 8.97. The number of aryl methyl sites for hydroxylation is 1. The molecule has 1 amide bonds. The van der Waals surface area contributed by atoms with Crippen LogP contribution in [-0.2, 0) is 6.61 Å². The van der Waals surface area contributed by atoms with Crippen molar-refractivity contribution in [2.45, 2.75) is 13.5 Å². The van der Waals surface area contributed by atoms with Crippen LogP contribution in [0, 0.1) is 6.92 Å². The summed E-state index contributed by atoms with van der Waals surface area (Å²) in [5.74, 6) is 0.689. The van der Waals surface area contributed by atoms with Crippen molar-refractivity contribution in [3.8, 4) is 11.5 Å². The number of amides is 1. The van der Waals surface area contributed by atoms with Gasteiger partial charge in [0.1, 0.15) is 11.8 Å². The monoisotopic (exact) mass is 487 g/mol. The zero-order chi connectivity index (χ0) is 21.5. The number of nitrogens with one attached hydrogen (secondary N) is 1. The molecule has 0 saturated carbocycles. The third-order valence-electron chi connectivity index (χ3n) is 4.13. The number of halogens is 2. The summed E-state index contributed by atoms with van der Waals surface area (Å²) in [7, 11) is 1.57. The molecule has 0 aliphatic heterocycles. The highest BCUT2D eigenvalue weighted by Gasteiger charge is 2.11. The summed E-state index contributed by atoms with van der Waals surface area (Å²) in [6.07, 6.45) is 3.01.